The maximum Gasteiger partial charge on any atom is 0.334 e. The van der Waals surface area contributed by atoms with Gasteiger partial charge in [0.05, 0.1) is 11.5 Å². The predicted molar refractivity (Wildman–Crippen MR) is 106 cm³/mol. The molecule has 146 valence electrons. The van der Waals surface area contributed by atoms with Gasteiger partial charge in [-0.3, -0.25) is 4.79 Å². The molecule has 0 N–H and O–H groups in total. The van der Waals surface area contributed by atoms with Crippen LogP contribution >= 0.6 is 0 Å². The standard InChI is InChI=1S/C22H17NO5S/c1-2-28-21(25)22-17-13-12-14-8-6-7-11-16(14)19(17)29(26,27)23(22)20(22)18(24)15-9-4-3-5-10-15/h3-13,20H,2H2,1H3/t20-,22-,23?/m0/s1. The second-order valence-electron chi connectivity index (χ2n) is 7.08. The summed E-state index contributed by atoms with van der Waals surface area (Å²) in [5, 5.41) is 1.29. The first kappa shape index (κ1) is 18.0. The number of carbonyl (C=O) groups is 2. The molecule has 2 aliphatic heterocycles. The van der Waals surface area contributed by atoms with Crippen LogP contribution in [0.25, 0.3) is 10.8 Å². The second-order valence-corrected chi connectivity index (χ2v) is 8.84. The van der Waals surface area contributed by atoms with Crippen LogP contribution in [0.5, 0.6) is 0 Å². The Balaban J connectivity index is 1.77. The van der Waals surface area contributed by atoms with Gasteiger partial charge in [0, 0.05) is 16.5 Å². The number of esters is 1. The molecule has 3 aromatic rings. The topological polar surface area (TPSA) is 80.5 Å². The third-order valence-electron chi connectivity index (χ3n) is 5.61. The predicted octanol–water partition coefficient (Wildman–Crippen LogP) is 2.87. The quantitative estimate of drug-likeness (QED) is 0.377. The molecule has 0 amide bonds. The lowest BCUT2D eigenvalue weighted by Gasteiger charge is -2.15. The molecule has 1 unspecified atom stereocenters. The smallest absolute Gasteiger partial charge is 0.334 e. The van der Waals surface area contributed by atoms with Gasteiger partial charge in [0.25, 0.3) is 0 Å². The maximum atomic E-state index is 13.5. The molecule has 2 heterocycles. The van der Waals surface area contributed by atoms with E-state index in [2.05, 4.69) is 0 Å². The van der Waals surface area contributed by atoms with E-state index in [9.17, 15) is 18.0 Å². The maximum absolute atomic E-state index is 13.5. The number of carbonyl (C=O) groups excluding carboxylic acids is 2. The van der Waals surface area contributed by atoms with E-state index in [4.69, 9.17) is 4.74 Å². The highest BCUT2D eigenvalue weighted by Crippen LogP contribution is 2.63. The molecule has 0 aliphatic carbocycles. The number of hydrogen-bond acceptors (Lipinski definition) is 5. The molecular formula is C22H17NO5S. The summed E-state index contributed by atoms with van der Waals surface area (Å²) in [6, 6.07) is 17.8. The number of rotatable bonds is 4. The zero-order valence-corrected chi connectivity index (χ0v) is 16.3. The Hall–Kier alpha value is -3.03. The average Bonchev–Trinajstić information content (AvgIpc) is 3.40. The highest BCUT2D eigenvalue weighted by atomic mass is 32.2. The van der Waals surface area contributed by atoms with Crippen LogP contribution in [0.4, 0.5) is 0 Å². The van der Waals surface area contributed by atoms with Crippen molar-refractivity contribution in [3.8, 4) is 0 Å². The van der Waals surface area contributed by atoms with E-state index in [0.29, 0.717) is 16.5 Å². The van der Waals surface area contributed by atoms with E-state index in [0.717, 1.165) is 9.69 Å². The first-order chi connectivity index (χ1) is 14.0. The number of Topliss-reactive ketones (excluding diaryl/α,β-unsaturated/α-hetero) is 1. The molecule has 1 fully saturated rings. The molecule has 3 atom stereocenters. The molecule has 0 radical (unpaired) electrons. The van der Waals surface area contributed by atoms with Gasteiger partial charge in [0.15, 0.2) is 11.3 Å². The van der Waals surface area contributed by atoms with E-state index < -0.39 is 33.4 Å². The number of sulfonamides is 1. The highest BCUT2D eigenvalue weighted by Gasteiger charge is 2.82. The first-order valence-electron chi connectivity index (χ1n) is 9.29. The summed E-state index contributed by atoms with van der Waals surface area (Å²) in [4.78, 5) is 26.3. The van der Waals surface area contributed by atoms with Crippen molar-refractivity contribution in [1.82, 2.24) is 4.31 Å². The summed E-state index contributed by atoms with van der Waals surface area (Å²) < 4.78 is 33.2. The van der Waals surface area contributed by atoms with Crippen LogP contribution in [0.1, 0.15) is 22.8 Å². The minimum Gasteiger partial charge on any atom is -0.464 e. The SMILES string of the molecule is CCOC(=O)[C@@]12c3ccc4ccccc4c3S(=O)(=O)N1[C@H]2C(=O)c1ccccc1. The van der Waals surface area contributed by atoms with Crippen LogP contribution in [0.15, 0.2) is 71.6 Å². The molecule has 0 saturated carbocycles. The Kier molecular flexibility index (Phi) is 3.72. The fourth-order valence-corrected chi connectivity index (χ4v) is 6.68. The van der Waals surface area contributed by atoms with Gasteiger partial charge in [0.1, 0.15) is 6.04 Å². The number of nitrogens with zero attached hydrogens (tertiary/aromatic N) is 1. The third kappa shape index (κ3) is 2.17. The molecule has 5 rings (SSSR count). The van der Waals surface area contributed by atoms with E-state index in [-0.39, 0.29) is 11.5 Å². The Morgan fingerprint density at radius 1 is 1.00 bits per heavy atom. The van der Waals surface area contributed by atoms with E-state index in [1.807, 2.05) is 12.1 Å². The zero-order valence-electron chi connectivity index (χ0n) is 15.5. The number of ether oxygens (including phenoxy) is 1. The van der Waals surface area contributed by atoms with Crippen molar-refractivity contribution >= 4 is 32.5 Å². The van der Waals surface area contributed by atoms with Gasteiger partial charge in [-0.05, 0) is 12.3 Å². The Labute approximate surface area is 167 Å². The third-order valence-corrected chi connectivity index (χ3v) is 7.58. The average molecular weight is 407 g/mol. The summed E-state index contributed by atoms with van der Waals surface area (Å²) >= 11 is 0. The molecular weight excluding hydrogens is 390 g/mol. The van der Waals surface area contributed by atoms with Crippen molar-refractivity contribution in [3.05, 3.63) is 77.9 Å². The summed E-state index contributed by atoms with van der Waals surface area (Å²) in [6.07, 6.45) is 0. The van der Waals surface area contributed by atoms with Crippen LogP contribution in [0.3, 0.4) is 0 Å². The zero-order chi connectivity index (χ0) is 20.4. The van der Waals surface area contributed by atoms with Gasteiger partial charge in [0.2, 0.25) is 10.0 Å². The van der Waals surface area contributed by atoms with Crippen molar-refractivity contribution in [2.24, 2.45) is 0 Å². The van der Waals surface area contributed by atoms with E-state index in [1.54, 1.807) is 61.5 Å². The van der Waals surface area contributed by atoms with Gasteiger partial charge in [-0.2, -0.15) is 4.31 Å². The molecule has 7 heteroatoms. The van der Waals surface area contributed by atoms with Crippen LogP contribution in [-0.4, -0.2) is 37.1 Å². The molecule has 0 bridgehead atoms. The molecule has 6 nitrogen and oxygen atoms in total. The Morgan fingerprint density at radius 3 is 2.41 bits per heavy atom. The lowest BCUT2D eigenvalue weighted by molar-refractivity contribution is -0.147. The summed E-state index contributed by atoms with van der Waals surface area (Å²) in [7, 11) is -4.05. The Morgan fingerprint density at radius 2 is 1.69 bits per heavy atom. The van der Waals surface area contributed by atoms with E-state index in [1.165, 1.54) is 0 Å². The van der Waals surface area contributed by atoms with Gasteiger partial charge in [-0.15, -0.1) is 0 Å². The largest absolute Gasteiger partial charge is 0.464 e. The second kappa shape index (κ2) is 5.98. The lowest BCUT2D eigenvalue weighted by atomic mass is 9.89. The van der Waals surface area contributed by atoms with Crippen LogP contribution in [0, 0.1) is 0 Å². The summed E-state index contributed by atoms with van der Waals surface area (Å²) in [6.45, 7) is 1.74. The molecule has 1 saturated heterocycles. The van der Waals surface area contributed by atoms with Gasteiger partial charge < -0.3 is 4.74 Å². The number of ketones is 1. The van der Waals surface area contributed by atoms with Crippen LogP contribution < -0.4 is 0 Å². The Bertz CT molecular complexity index is 1290. The molecule has 0 aromatic heterocycles. The van der Waals surface area contributed by atoms with Gasteiger partial charge in [-0.25, -0.2) is 13.2 Å². The molecule has 29 heavy (non-hydrogen) atoms. The van der Waals surface area contributed by atoms with Crippen molar-refractivity contribution in [2.45, 2.75) is 23.4 Å². The fourth-order valence-electron chi connectivity index (χ4n) is 4.39. The number of hydrogen-bond donors (Lipinski definition) is 0. The van der Waals surface area contributed by atoms with Crippen LogP contribution in [0.2, 0.25) is 0 Å². The molecule has 3 aromatic carbocycles. The number of benzene rings is 3. The summed E-state index contributed by atoms with van der Waals surface area (Å²) in [5.74, 6) is -1.13. The van der Waals surface area contributed by atoms with Crippen molar-refractivity contribution in [3.63, 3.8) is 0 Å². The first-order valence-corrected chi connectivity index (χ1v) is 10.7. The monoisotopic (exact) mass is 407 g/mol. The normalized spacial score (nSPS) is 25.8. The van der Waals surface area contributed by atoms with Crippen molar-refractivity contribution in [2.75, 3.05) is 6.61 Å². The summed E-state index contributed by atoms with van der Waals surface area (Å²) in [5.41, 5.74) is -0.974. The van der Waals surface area contributed by atoms with Gasteiger partial charge in [-0.1, -0.05) is 66.7 Å². The van der Waals surface area contributed by atoms with Gasteiger partial charge >= 0.3 is 5.97 Å². The number of fused-ring (bicyclic) bond motifs is 5. The molecule has 2 aliphatic rings. The fraction of sp³-hybridized carbons (Fsp3) is 0.182. The van der Waals surface area contributed by atoms with Crippen molar-refractivity contribution in [1.29, 1.82) is 0 Å². The minimum atomic E-state index is -4.05. The van der Waals surface area contributed by atoms with Crippen LogP contribution in [-0.2, 0) is 25.1 Å². The highest BCUT2D eigenvalue weighted by molar-refractivity contribution is 7.90. The van der Waals surface area contributed by atoms with Crippen molar-refractivity contribution < 1.29 is 22.7 Å². The van der Waals surface area contributed by atoms with E-state index >= 15 is 0 Å². The molecule has 0 spiro atoms. The minimum absolute atomic E-state index is 0.0840. The lowest BCUT2D eigenvalue weighted by Crippen LogP contribution is -2.30.